The molecule has 2 heterocycles. The van der Waals surface area contributed by atoms with Gasteiger partial charge in [0.05, 0.1) is 10.5 Å². The molecule has 0 saturated heterocycles. The Bertz CT molecular complexity index is 698. The Kier molecular flexibility index (Phi) is 3.67. The van der Waals surface area contributed by atoms with Gasteiger partial charge in [-0.15, -0.1) is 11.8 Å². The minimum absolute atomic E-state index is 0.150. The molecule has 2 N–H and O–H groups in total. The number of amides is 1. The molecule has 0 radical (unpaired) electrons. The highest BCUT2D eigenvalue weighted by Gasteiger charge is 2.34. The Morgan fingerprint density at radius 1 is 1.38 bits per heavy atom. The Morgan fingerprint density at radius 2 is 2.14 bits per heavy atom. The van der Waals surface area contributed by atoms with Crippen molar-refractivity contribution in [1.29, 1.82) is 0 Å². The maximum absolute atomic E-state index is 14.3. The summed E-state index contributed by atoms with van der Waals surface area (Å²) in [7, 11) is 0. The van der Waals surface area contributed by atoms with Crippen LogP contribution in [-0.4, -0.2) is 21.4 Å². The average Bonchev–Trinajstić information content (AvgIpc) is 2.72. The molecule has 0 fully saturated rings. The monoisotopic (exact) mass is 325 g/mol. The molecule has 0 bridgehead atoms. The van der Waals surface area contributed by atoms with Gasteiger partial charge in [-0.1, -0.05) is 17.7 Å². The summed E-state index contributed by atoms with van der Waals surface area (Å²) < 4.78 is 14.3. The van der Waals surface area contributed by atoms with Crippen molar-refractivity contribution in [1.82, 2.24) is 10.2 Å². The molecule has 0 spiro atoms. The fourth-order valence-electron chi connectivity index (χ4n) is 2.38. The Morgan fingerprint density at radius 3 is 2.86 bits per heavy atom. The van der Waals surface area contributed by atoms with Crippen LogP contribution in [0.1, 0.15) is 29.0 Å². The van der Waals surface area contributed by atoms with E-state index in [9.17, 15) is 9.18 Å². The van der Waals surface area contributed by atoms with Crippen LogP contribution in [0.3, 0.4) is 0 Å². The second-order valence-corrected chi connectivity index (χ2v) is 6.75. The molecule has 1 aromatic heterocycles. The molecule has 0 saturated carbocycles. The van der Waals surface area contributed by atoms with Gasteiger partial charge in [-0.05, 0) is 26.0 Å². The molecular formula is C14H13ClFN3OS. The van der Waals surface area contributed by atoms with Crippen LogP contribution in [0.25, 0.3) is 0 Å². The first-order valence-corrected chi connectivity index (χ1v) is 7.76. The zero-order valence-corrected chi connectivity index (χ0v) is 13.0. The molecule has 1 aliphatic rings. The first-order chi connectivity index (χ1) is 9.99. The number of thioether (sulfide) groups is 1. The van der Waals surface area contributed by atoms with Crippen LogP contribution in [0.15, 0.2) is 18.2 Å². The van der Waals surface area contributed by atoms with E-state index < -0.39 is 0 Å². The number of fused-ring (bicyclic) bond motifs is 1. The number of halogens is 2. The van der Waals surface area contributed by atoms with Gasteiger partial charge < -0.3 is 5.32 Å². The summed E-state index contributed by atoms with van der Waals surface area (Å²) >= 11 is 7.56. The second kappa shape index (κ2) is 5.35. The van der Waals surface area contributed by atoms with E-state index in [-0.39, 0.29) is 22.2 Å². The Hall–Kier alpha value is -1.53. The normalized spacial score (nSPS) is 21.6. The lowest BCUT2D eigenvalue weighted by Gasteiger charge is -2.19. The fraction of sp³-hybridized carbons (Fsp3) is 0.286. The number of aryl methyl sites for hydroxylation is 1. The number of nitrogens with zero attached hydrogens (tertiary/aromatic N) is 1. The molecule has 21 heavy (non-hydrogen) atoms. The summed E-state index contributed by atoms with van der Waals surface area (Å²) in [4.78, 5) is 12.0. The van der Waals surface area contributed by atoms with Crippen molar-refractivity contribution in [2.45, 2.75) is 24.3 Å². The zero-order valence-electron chi connectivity index (χ0n) is 11.4. The Balaban J connectivity index is 2.21. The minimum Gasteiger partial charge on any atom is -0.308 e. The van der Waals surface area contributed by atoms with Crippen LogP contribution in [0, 0.1) is 12.7 Å². The molecule has 1 aromatic carbocycles. The van der Waals surface area contributed by atoms with Gasteiger partial charge >= 0.3 is 0 Å². The van der Waals surface area contributed by atoms with Crippen LogP contribution >= 0.6 is 23.4 Å². The average molecular weight is 326 g/mol. The lowest BCUT2D eigenvalue weighted by atomic mass is 10.0. The highest BCUT2D eigenvalue weighted by atomic mass is 35.5. The number of hydrogen-bond acceptors (Lipinski definition) is 3. The first kappa shape index (κ1) is 14.4. The standard InChI is InChI=1S/C14H13ClFN3OS/c1-6-10-12(11-8(15)4-3-5-9(11)16)21-7(2)14(20)17-13(10)19-18-6/h3-5,7,12H,1-2H3,(H2,17,18,19,20)/t7-,12+/m0/s1. The number of H-pyrrole nitrogens is 1. The second-order valence-electron chi connectivity index (χ2n) is 4.89. The molecule has 2 atom stereocenters. The molecule has 1 amide bonds. The lowest BCUT2D eigenvalue weighted by Crippen LogP contribution is -2.21. The molecule has 4 nitrogen and oxygen atoms in total. The van der Waals surface area contributed by atoms with Gasteiger partial charge in [-0.2, -0.15) is 5.10 Å². The third-order valence-electron chi connectivity index (χ3n) is 3.47. The van der Waals surface area contributed by atoms with Crippen molar-refractivity contribution >= 4 is 35.1 Å². The van der Waals surface area contributed by atoms with Crippen LogP contribution in [0.2, 0.25) is 5.02 Å². The van der Waals surface area contributed by atoms with Gasteiger partial charge in [0, 0.05) is 21.8 Å². The van der Waals surface area contributed by atoms with Gasteiger partial charge in [-0.25, -0.2) is 4.39 Å². The van der Waals surface area contributed by atoms with Crippen LogP contribution in [0.4, 0.5) is 10.2 Å². The third-order valence-corrected chi connectivity index (χ3v) is 5.17. The van der Waals surface area contributed by atoms with Crippen molar-refractivity contribution in [2.24, 2.45) is 0 Å². The Labute approximate surface area is 130 Å². The van der Waals surface area contributed by atoms with Crippen molar-refractivity contribution < 1.29 is 9.18 Å². The highest BCUT2D eigenvalue weighted by Crippen LogP contribution is 2.47. The van der Waals surface area contributed by atoms with Crippen molar-refractivity contribution in [3.8, 4) is 0 Å². The van der Waals surface area contributed by atoms with E-state index in [1.165, 1.54) is 17.8 Å². The van der Waals surface area contributed by atoms with E-state index in [1.807, 2.05) is 6.92 Å². The van der Waals surface area contributed by atoms with Crippen LogP contribution in [-0.2, 0) is 4.79 Å². The van der Waals surface area contributed by atoms with Gasteiger partial charge in [0.2, 0.25) is 5.91 Å². The number of nitrogens with one attached hydrogen (secondary N) is 2. The number of aromatic nitrogens is 2. The van der Waals surface area contributed by atoms with Crippen molar-refractivity contribution in [2.75, 3.05) is 5.32 Å². The van der Waals surface area contributed by atoms with E-state index in [2.05, 4.69) is 15.5 Å². The fourth-order valence-corrected chi connectivity index (χ4v) is 4.11. The van der Waals surface area contributed by atoms with Gasteiger partial charge in [0.25, 0.3) is 0 Å². The molecule has 7 heteroatoms. The number of hydrogen-bond donors (Lipinski definition) is 2. The first-order valence-electron chi connectivity index (χ1n) is 6.44. The number of anilines is 1. The lowest BCUT2D eigenvalue weighted by molar-refractivity contribution is -0.115. The number of carbonyl (C=O) groups excluding carboxylic acids is 1. The van der Waals surface area contributed by atoms with Gasteiger partial charge in [0.1, 0.15) is 5.82 Å². The van der Waals surface area contributed by atoms with Crippen LogP contribution in [0.5, 0.6) is 0 Å². The summed E-state index contributed by atoms with van der Waals surface area (Å²) in [5.74, 6) is -0.0884. The molecule has 1 aliphatic heterocycles. The van der Waals surface area contributed by atoms with Gasteiger partial charge in [0.15, 0.2) is 5.82 Å². The number of benzene rings is 1. The zero-order chi connectivity index (χ0) is 15.1. The van der Waals surface area contributed by atoms with E-state index in [0.29, 0.717) is 16.4 Å². The summed E-state index contributed by atoms with van der Waals surface area (Å²) in [6.45, 7) is 3.63. The van der Waals surface area contributed by atoms with E-state index in [4.69, 9.17) is 11.6 Å². The van der Waals surface area contributed by atoms with E-state index in [1.54, 1.807) is 19.1 Å². The van der Waals surface area contributed by atoms with E-state index >= 15 is 0 Å². The topological polar surface area (TPSA) is 57.8 Å². The third kappa shape index (κ3) is 2.42. The summed E-state index contributed by atoms with van der Waals surface area (Å²) in [6.07, 6.45) is 0. The molecule has 0 unspecified atom stereocenters. The summed E-state index contributed by atoms with van der Waals surface area (Å²) in [6, 6.07) is 4.60. The maximum Gasteiger partial charge on any atom is 0.238 e. The molecule has 110 valence electrons. The largest absolute Gasteiger partial charge is 0.308 e. The SMILES string of the molecule is Cc1[nH]nc2c1[C@H](c1c(F)cccc1Cl)S[C@@H](C)C(=O)N2. The summed E-state index contributed by atoms with van der Waals surface area (Å²) in [5, 5.41) is 9.33. The maximum atomic E-state index is 14.3. The predicted octanol–water partition coefficient (Wildman–Crippen LogP) is 3.67. The smallest absolute Gasteiger partial charge is 0.238 e. The molecule has 3 rings (SSSR count). The quantitative estimate of drug-likeness (QED) is 0.841. The van der Waals surface area contributed by atoms with Crippen molar-refractivity contribution in [3.05, 3.63) is 45.9 Å². The number of carbonyl (C=O) groups is 1. The summed E-state index contributed by atoms with van der Waals surface area (Å²) in [5.41, 5.74) is 1.94. The van der Waals surface area contributed by atoms with Crippen LogP contribution < -0.4 is 5.32 Å². The molecular weight excluding hydrogens is 313 g/mol. The number of rotatable bonds is 1. The van der Waals surface area contributed by atoms with Crippen molar-refractivity contribution in [3.63, 3.8) is 0 Å². The minimum atomic E-state index is -0.388. The highest BCUT2D eigenvalue weighted by molar-refractivity contribution is 8.01. The number of aromatic amines is 1. The molecule has 2 aromatic rings. The van der Waals surface area contributed by atoms with Gasteiger partial charge in [-0.3, -0.25) is 9.89 Å². The molecule has 0 aliphatic carbocycles. The van der Waals surface area contributed by atoms with E-state index in [0.717, 1.165) is 11.3 Å². The predicted molar refractivity (Wildman–Crippen MR) is 82.3 cm³/mol.